The van der Waals surface area contributed by atoms with Gasteiger partial charge in [0.15, 0.2) is 0 Å². The highest BCUT2D eigenvalue weighted by molar-refractivity contribution is 6.33. The van der Waals surface area contributed by atoms with E-state index in [0.29, 0.717) is 17.3 Å². The van der Waals surface area contributed by atoms with Crippen LogP contribution < -0.4 is 5.32 Å². The quantitative estimate of drug-likeness (QED) is 0.738. The maximum Gasteiger partial charge on any atom is 0.271 e. The van der Waals surface area contributed by atoms with Crippen molar-refractivity contribution in [2.24, 2.45) is 7.05 Å². The van der Waals surface area contributed by atoms with Crippen molar-refractivity contribution in [3.8, 4) is 0 Å². The van der Waals surface area contributed by atoms with E-state index in [1.807, 2.05) is 0 Å². The Labute approximate surface area is 81.2 Å². The largest absolute Gasteiger partial charge is 0.347 e. The average molecular weight is 200 g/mol. The molecule has 5 heteroatoms. The summed E-state index contributed by atoms with van der Waals surface area (Å²) in [5, 5.41) is 6.81. The zero-order chi connectivity index (χ0) is 9.84. The molecule has 0 saturated carbocycles. The smallest absolute Gasteiger partial charge is 0.271 e. The van der Waals surface area contributed by atoms with Gasteiger partial charge in [0.1, 0.15) is 5.69 Å². The molecule has 1 heterocycles. The van der Waals surface area contributed by atoms with Crippen molar-refractivity contribution < 1.29 is 4.79 Å². The van der Waals surface area contributed by atoms with Gasteiger partial charge >= 0.3 is 0 Å². The van der Waals surface area contributed by atoms with Crippen LogP contribution in [-0.2, 0) is 7.05 Å². The van der Waals surface area contributed by atoms with Gasteiger partial charge in [-0.1, -0.05) is 17.7 Å². The number of hydrogen-bond donors (Lipinski definition) is 1. The van der Waals surface area contributed by atoms with Gasteiger partial charge < -0.3 is 5.32 Å². The molecule has 4 nitrogen and oxygen atoms in total. The monoisotopic (exact) mass is 199 g/mol. The summed E-state index contributed by atoms with van der Waals surface area (Å²) < 4.78 is 1.43. The second-order valence-corrected chi connectivity index (χ2v) is 2.87. The molecule has 0 atom stereocenters. The standard InChI is InChI=1S/C8H10ClN3O/c1-3-4-10-8(13)7-6(9)5-11-12(7)2/h3,5H,1,4H2,2H3,(H,10,13). The number of carbonyl (C=O) groups excluding carboxylic acids is 1. The molecule has 0 aliphatic rings. The zero-order valence-electron chi connectivity index (χ0n) is 7.25. The van der Waals surface area contributed by atoms with E-state index < -0.39 is 0 Å². The summed E-state index contributed by atoms with van der Waals surface area (Å²) in [7, 11) is 1.66. The van der Waals surface area contributed by atoms with Gasteiger partial charge in [0.25, 0.3) is 5.91 Å². The van der Waals surface area contributed by atoms with Crippen molar-refractivity contribution in [1.29, 1.82) is 0 Å². The van der Waals surface area contributed by atoms with E-state index in [-0.39, 0.29) is 5.91 Å². The fourth-order valence-electron chi connectivity index (χ4n) is 0.915. The molecule has 70 valence electrons. The van der Waals surface area contributed by atoms with Crippen LogP contribution in [0.15, 0.2) is 18.9 Å². The summed E-state index contributed by atoms with van der Waals surface area (Å²) in [5.74, 6) is -0.245. The van der Waals surface area contributed by atoms with Crippen molar-refractivity contribution in [2.75, 3.05) is 6.54 Å². The van der Waals surface area contributed by atoms with E-state index in [0.717, 1.165) is 0 Å². The van der Waals surface area contributed by atoms with Crippen LogP contribution in [0.4, 0.5) is 0 Å². The van der Waals surface area contributed by atoms with Crippen molar-refractivity contribution in [2.45, 2.75) is 0 Å². The number of nitrogens with one attached hydrogen (secondary N) is 1. The highest BCUT2D eigenvalue weighted by atomic mass is 35.5. The van der Waals surface area contributed by atoms with Crippen molar-refractivity contribution in [1.82, 2.24) is 15.1 Å². The number of rotatable bonds is 3. The van der Waals surface area contributed by atoms with Crippen LogP contribution in [0.2, 0.25) is 5.02 Å². The lowest BCUT2D eigenvalue weighted by molar-refractivity contribution is 0.0949. The number of aryl methyl sites for hydroxylation is 1. The fraction of sp³-hybridized carbons (Fsp3) is 0.250. The topological polar surface area (TPSA) is 46.9 Å². The van der Waals surface area contributed by atoms with Gasteiger partial charge in [-0.05, 0) is 0 Å². The maximum absolute atomic E-state index is 11.4. The normalized spacial score (nSPS) is 9.69. The van der Waals surface area contributed by atoms with Crippen LogP contribution in [-0.4, -0.2) is 22.2 Å². The number of amides is 1. The molecule has 0 fully saturated rings. The third-order valence-corrected chi connectivity index (χ3v) is 1.79. The zero-order valence-corrected chi connectivity index (χ0v) is 8.01. The molecule has 0 aromatic carbocycles. The Morgan fingerprint density at radius 1 is 1.92 bits per heavy atom. The van der Waals surface area contributed by atoms with Crippen LogP contribution in [0.3, 0.4) is 0 Å². The first-order valence-electron chi connectivity index (χ1n) is 3.73. The number of halogens is 1. The lowest BCUT2D eigenvalue weighted by Gasteiger charge is -2.02. The number of hydrogen-bond acceptors (Lipinski definition) is 2. The van der Waals surface area contributed by atoms with Gasteiger partial charge in [-0.2, -0.15) is 5.10 Å². The summed E-state index contributed by atoms with van der Waals surface area (Å²) in [6.45, 7) is 3.91. The lowest BCUT2D eigenvalue weighted by atomic mass is 10.4. The molecule has 1 aromatic heterocycles. The number of carbonyl (C=O) groups is 1. The average Bonchev–Trinajstić information content (AvgIpc) is 2.42. The Morgan fingerprint density at radius 3 is 3.08 bits per heavy atom. The van der Waals surface area contributed by atoms with Gasteiger partial charge in [0.2, 0.25) is 0 Å². The van der Waals surface area contributed by atoms with Crippen LogP contribution >= 0.6 is 11.6 Å². The molecule has 0 radical (unpaired) electrons. The molecule has 0 unspecified atom stereocenters. The molecule has 0 spiro atoms. The lowest BCUT2D eigenvalue weighted by Crippen LogP contribution is -2.25. The Balaban J connectivity index is 2.81. The molecule has 0 bridgehead atoms. The Hall–Kier alpha value is -1.29. The summed E-state index contributed by atoms with van der Waals surface area (Å²) in [6.07, 6.45) is 3.03. The van der Waals surface area contributed by atoms with E-state index in [4.69, 9.17) is 11.6 Å². The van der Waals surface area contributed by atoms with Crippen molar-refractivity contribution in [3.05, 3.63) is 29.6 Å². The van der Waals surface area contributed by atoms with Gasteiger partial charge in [-0.25, -0.2) is 0 Å². The van der Waals surface area contributed by atoms with E-state index in [9.17, 15) is 4.79 Å². The molecule has 13 heavy (non-hydrogen) atoms. The van der Waals surface area contributed by atoms with Crippen molar-refractivity contribution in [3.63, 3.8) is 0 Å². The summed E-state index contributed by atoms with van der Waals surface area (Å²) in [6, 6.07) is 0. The predicted octanol–water partition coefficient (Wildman–Crippen LogP) is 0.989. The van der Waals surface area contributed by atoms with Gasteiger partial charge in [-0.15, -0.1) is 6.58 Å². The Bertz CT molecular complexity index is 313. The first-order chi connectivity index (χ1) is 6.16. The molecule has 0 aliphatic carbocycles. The molecule has 0 saturated heterocycles. The van der Waals surface area contributed by atoms with E-state index in [2.05, 4.69) is 17.0 Å². The molecule has 0 aliphatic heterocycles. The van der Waals surface area contributed by atoms with Crippen LogP contribution in [0.1, 0.15) is 10.5 Å². The number of aromatic nitrogens is 2. The SMILES string of the molecule is C=CCNC(=O)c1c(Cl)cnn1C. The third kappa shape index (κ3) is 2.09. The minimum atomic E-state index is -0.245. The van der Waals surface area contributed by atoms with Gasteiger partial charge in [-0.3, -0.25) is 9.48 Å². The predicted molar refractivity (Wildman–Crippen MR) is 50.7 cm³/mol. The van der Waals surface area contributed by atoms with Crippen molar-refractivity contribution >= 4 is 17.5 Å². The second kappa shape index (κ2) is 4.09. The van der Waals surface area contributed by atoms with Gasteiger partial charge in [0.05, 0.1) is 11.2 Å². The molecular weight excluding hydrogens is 190 g/mol. The minimum absolute atomic E-state index is 0.245. The highest BCUT2D eigenvalue weighted by Gasteiger charge is 2.13. The van der Waals surface area contributed by atoms with Gasteiger partial charge in [0, 0.05) is 13.6 Å². The van der Waals surface area contributed by atoms with E-state index in [1.54, 1.807) is 13.1 Å². The van der Waals surface area contributed by atoms with Crippen LogP contribution in [0.25, 0.3) is 0 Å². The molecule has 1 aromatic rings. The van der Waals surface area contributed by atoms with Crippen LogP contribution in [0, 0.1) is 0 Å². The fourth-order valence-corrected chi connectivity index (χ4v) is 1.17. The third-order valence-electron chi connectivity index (χ3n) is 1.52. The molecule has 1 amide bonds. The highest BCUT2D eigenvalue weighted by Crippen LogP contribution is 2.13. The van der Waals surface area contributed by atoms with E-state index in [1.165, 1.54) is 10.9 Å². The van der Waals surface area contributed by atoms with E-state index >= 15 is 0 Å². The summed E-state index contributed by atoms with van der Waals surface area (Å²) in [4.78, 5) is 11.4. The second-order valence-electron chi connectivity index (χ2n) is 2.46. The first-order valence-corrected chi connectivity index (χ1v) is 4.11. The minimum Gasteiger partial charge on any atom is -0.347 e. The molecule has 1 rings (SSSR count). The molecular formula is C8H10ClN3O. The van der Waals surface area contributed by atoms with Crippen LogP contribution in [0.5, 0.6) is 0 Å². The Morgan fingerprint density at radius 2 is 2.62 bits per heavy atom. The Kier molecular flexibility index (Phi) is 3.08. The summed E-state index contributed by atoms with van der Waals surface area (Å²) in [5.41, 5.74) is 0.364. The molecule has 1 N–H and O–H groups in total. The number of nitrogens with zero attached hydrogens (tertiary/aromatic N) is 2. The first kappa shape index (κ1) is 9.80. The summed E-state index contributed by atoms with van der Waals surface area (Å²) >= 11 is 5.75. The maximum atomic E-state index is 11.4.